The van der Waals surface area contributed by atoms with E-state index in [9.17, 15) is 18.8 Å². The maximum absolute atomic E-state index is 14.0. The van der Waals surface area contributed by atoms with E-state index in [1.54, 1.807) is 21.9 Å². The molecule has 0 aromatic heterocycles. The van der Waals surface area contributed by atoms with Crippen LogP contribution < -0.4 is 10.2 Å². The first-order valence-corrected chi connectivity index (χ1v) is 15.2. The molecule has 1 N–H and O–H groups in total. The van der Waals surface area contributed by atoms with Gasteiger partial charge in [0.1, 0.15) is 11.9 Å². The number of hydrogen-bond acceptors (Lipinski definition) is 3. The first-order valence-electron chi connectivity index (χ1n) is 15.2. The molecule has 0 unspecified atom stereocenters. The Morgan fingerprint density at radius 2 is 1.60 bits per heavy atom. The van der Waals surface area contributed by atoms with Crippen LogP contribution in [0.1, 0.15) is 60.0 Å². The molecule has 0 spiro atoms. The number of benzene rings is 4. The van der Waals surface area contributed by atoms with Gasteiger partial charge in [-0.2, -0.15) is 0 Å². The average Bonchev–Trinajstić information content (AvgIpc) is 3.63. The predicted octanol–water partition coefficient (Wildman–Crippen LogP) is 6.42. The molecule has 1 fully saturated rings. The standard InChI is InChI=1S/C36H36FN3O3/c37-28-20-18-26(19-21-28)24-40(32(23-25-9-2-1-3-10-25)35(42)38-29-13-4-5-14-29)33(41)17-8-22-39-31-16-7-12-27-11-6-15-30(34(27)31)36(39)43/h1-3,6-7,9-12,15-16,18-21,29,32H,4-5,8,13-14,17,22-24H2,(H,38,42)/t32-/m1/s1. The summed E-state index contributed by atoms with van der Waals surface area (Å²) >= 11 is 0. The highest BCUT2D eigenvalue weighted by molar-refractivity contribution is 6.25. The third-order valence-electron chi connectivity index (χ3n) is 8.66. The van der Waals surface area contributed by atoms with Gasteiger partial charge in [0, 0.05) is 42.9 Å². The number of carbonyl (C=O) groups is 3. The maximum atomic E-state index is 14.0. The van der Waals surface area contributed by atoms with E-state index in [1.807, 2.05) is 66.7 Å². The van der Waals surface area contributed by atoms with Gasteiger partial charge < -0.3 is 15.1 Å². The second-order valence-electron chi connectivity index (χ2n) is 11.6. The molecule has 220 valence electrons. The van der Waals surface area contributed by atoms with E-state index in [-0.39, 0.29) is 42.5 Å². The second kappa shape index (κ2) is 12.8. The van der Waals surface area contributed by atoms with Gasteiger partial charge in [-0.25, -0.2) is 4.39 Å². The number of hydrogen-bond donors (Lipinski definition) is 1. The van der Waals surface area contributed by atoms with Crippen molar-refractivity contribution in [3.8, 4) is 0 Å². The van der Waals surface area contributed by atoms with Gasteiger partial charge in [-0.3, -0.25) is 14.4 Å². The SMILES string of the molecule is O=C(NC1CCCC1)[C@@H](Cc1ccccc1)N(Cc1ccc(F)cc1)C(=O)CCCN1C(=O)c2cccc3cccc1c23. The Morgan fingerprint density at radius 3 is 2.35 bits per heavy atom. The van der Waals surface area contributed by atoms with Crippen LogP contribution in [0.2, 0.25) is 0 Å². The van der Waals surface area contributed by atoms with E-state index >= 15 is 0 Å². The molecule has 1 aliphatic heterocycles. The lowest BCUT2D eigenvalue weighted by Gasteiger charge is -2.32. The number of nitrogens with zero attached hydrogens (tertiary/aromatic N) is 2. The second-order valence-corrected chi connectivity index (χ2v) is 11.6. The van der Waals surface area contributed by atoms with E-state index in [0.29, 0.717) is 24.9 Å². The van der Waals surface area contributed by atoms with Gasteiger partial charge >= 0.3 is 0 Å². The minimum Gasteiger partial charge on any atom is -0.352 e. The molecule has 1 saturated carbocycles. The normalized spacial score (nSPS) is 15.2. The highest BCUT2D eigenvalue weighted by Gasteiger charge is 2.33. The highest BCUT2D eigenvalue weighted by atomic mass is 19.1. The van der Waals surface area contributed by atoms with E-state index in [0.717, 1.165) is 53.3 Å². The van der Waals surface area contributed by atoms with Crippen molar-refractivity contribution in [2.24, 2.45) is 0 Å². The lowest BCUT2D eigenvalue weighted by molar-refractivity contribution is -0.141. The van der Waals surface area contributed by atoms with Crippen LogP contribution in [0, 0.1) is 5.82 Å². The molecule has 43 heavy (non-hydrogen) atoms. The lowest BCUT2D eigenvalue weighted by Crippen LogP contribution is -2.52. The van der Waals surface area contributed by atoms with Crippen molar-refractivity contribution >= 4 is 34.2 Å². The van der Waals surface area contributed by atoms with Gasteiger partial charge in [-0.15, -0.1) is 0 Å². The van der Waals surface area contributed by atoms with Crippen LogP contribution in [0.4, 0.5) is 10.1 Å². The fourth-order valence-corrected chi connectivity index (χ4v) is 6.44. The van der Waals surface area contributed by atoms with E-state index in [4.69, 9.17) is 0 Å². The van der Waals surface area contributed by atoms with Crippen molar-refractivity contribution in [3.05, 3.63) is 114 Å². The molecule has 1 atom stereocenters. The molecule has 6 nitrogen and oxygen atoms in total. The molecule has 7 heteroatoms. The zero-order chi connectivity index (χ0) is 29.8. The summed E-state index contributed by atoms with van der Waals surface area (Å²) in [6.07, 6.45) is 5.02. The molecule has 1 aliphatic carbocycles. The van der Waals surface area contributed by atoms with Crippen LogP contribution in [0.25, 0.3) is 10.8 Å². The number of halogens is 1. The first kappa shape index (κ1) is 28.6. The summed E-state index contributed by atoms with van der Waals surface area (Å²) in [5, 5.41) is 5.18. The summed E-state index contributed by atoms with van der Waals surface area (Å²) in [4.78, 5) is 44.5. The van der Waals surface area contributed by atoms with Gasteiger partial charge in [0.05, 0.1) is 5.69 Å². The average molecular weight is 578 g/mol. The number of nitrogens with one attached hydrogen (secondary N) is 1. The van der Waals surface area contributed by atoms with E-state index in [1.165, 1.54) is 12.1 Å². The van der Waals surface area contributed by atoms with Crippen LogP contribution >= 0.6 is 0 Å². The Hall–Kier alpha value is -4.52. The summed E-state index contributed by atoms with van der Waals surface area (Å²) < 4.78 is 13.7. The van der Waals surface area contributed by atoms with Crippen molar-refractivity contribution in [1.82, 2.24) is 10.2 Å². The molecule has 4 aromatic rings. The van der Waals surface area contributed by atoms with E-state index < -0.39 is 6.04 Å². The Kier molecular flexibility index (Phi) is 8.50. The molecule has 4 aromatic carbocycles. The lowest BCUT2D eigenvalue weighted by atomic mass is 10.0. The maximum Gasteiger partial charge on any atom is 0.258 e. The summed E-state index contributed by atoms with van der Waals surface area (Å²) in [6, 6.07) is 26.8. The molecule has 0 radical (unpaired) electrons. The quantitative estimate of drug-likeness (QED) is 0.224. The van der Waals surface area contributed by atoms with Crippen molar-refractivity contribution < 1.29 is 18.8 Å². The van der Waals surface area contributed by atoms with Gasteiger partial charge in [-0.1, -0.05) is 79.6 Å². The van der Waals surface area contributed by atoms with Crippen LogP contribution in [0.3, 0.4) is 0 Å². The Bertz CT molecular complexity index is 1610. The number of anilines is 1. The summed E-state index contributed by atoms with van der Waals surface area (Å²) in [7, 11) is 0. The zero-order valence-electron chi connectivity index (χ0n) is 24.2. The Labute approximate surface area is 251 Å². The summed E-state index contributed by atoms with van der Waals surface area (Å²) in [5.41, 5.74) is 3.26. The van der Waals surface area contributed by atoms with E-state index in [2.05, 4.69) is 5.32 Å². The smallest absolute Gasteiger partial charge is 0.258 e. The molecule has 6 rings (SSSR count). The molecule has 3 amide bonds. The topological polar surface area (TPSA) is 69.7 Å². The van der Waals surface area contributed by atoms with Crippen molar-refractivity contribution in [3.63, 3.8) is 0 Å². The fourth-order valence-electron chi connectivity index (χ4n) is 6.44. The van der Waals surface area contributed by atoms with Gasteiger partial charge in [0.25, 0.3) is 5.91 Å². The summed E-state index contributed by atoms with van der Waals surface area (Å²) in [6.45, 7) is 0.572. The largest absolute Gasteiger partial charge is 0.352 e. The fraction of sp³-hybridized carbons (Fsp3) is 0.306. The molecular formula is C36H36FN3O3. The zero-order valence-corrected chi connectivity index (χ0v) is 24.2. The third-order valence-corrected chi connectivity index (χ3v) is 8.66. The Morgan fingerprint density at radius 1 is 0.884 bits per heavy atom. The predicted molar refractivity (Wildman–Crippen MR) is 166 cm³/mol. The van der Waals surface area contributed by atoms with Gasteiger partial charge in [-0.05, 0) is 60.0 Å². The van der Waals surface area contributed by atoms with Crippen LogP contribution in [-0.2, 0) is 22.6 Å². The Balaban J connectivity index is 1.23. The van der Waals surface area contributed by atoms with Gasteiger partial charge in [0.15, 0.2) is 0 Å². The first-order chi connectivity index (χ1) is 21.0. The monoisotopic (exact) mass is 577 g/mol. The number of rotatable bonds is 11. The number of amides is 3. The minimum atomic E-state index is -0.730. The van der Waals surface area contributed by atoms with Crippen molar-refractivity contribution in [2.45, 2.75) is 63.6 Å². The minimum absolute atomic E-state index is 0.0553. The summed E-state index contributed by atoms with van der Waals surface area (Å²) in [5.74, 6) is -0.745. The molecule has 2 aliphatic rings. The van der Waals surface area contributed by atoms with Crippen molar-refractivity contribution in [2.75, 3.05) is 11.4 Å². The van der Waals surface area contributed by atoms with Crippen molar-refractivity contribution in [1.29, 1.82) is 0 Å². The van der Waals surface area contributed by atoms with Crippen LogP contribution in [0.15, 0.2) is 91.0 Å². The van der Waals surface area contributed by atoms with Gasteiger partial charge in [0.2, 0.25) is 11.8 Å². The molecule has 0 bridgehead atoms. The molecule has 1 heterocycles. The number of carbonyl (C=O) groups excluding carboxylic acids is 3. The molecule has 0 saturated heterocycles. The molecular weight excluding hydrogens is 541 g/mol. The highest BCUT2D eigenvalue weighted by Crippen LogP contribution is 2.37. The third kappa shape index (κ3) is 6.31. The van der Waals surface area contributed by atoms with Crippen LogP contribution in [0.5, 0.6) is 0 Å². The van der Waals surface area contributed by atoms with Crippen LogP contribution in [-0.4, -0.2) is 41.2 Å².